The molecule has 0 radical (unpaired) electrons. The van der Waals surface area contributed by atoms with Crippen molar-refractivity contribution in [2.24, 2.45) is 0 Å². The molecule has 1 aromatic carbocycles. The molecule has 4 nitrogen and oxygen atoms in total. The molecule has 18 heavy (non-hydrogen) atoms. The first-order valence-corrected chi connectivity index (χ1v) is 5.85. The summed E-state index contributed by atoms with van der Waals surface area (Å²) in [5, 5.41) is 22.7. The number of nitrogens with one attached hydrogen (secondary N) is 1. The summed E-state index contributed by atoms with van der Waals surface area (Å²) >= 11 is 5.79. The van der Waals surface area contributed by atoms with Crippen LogP contribution in [0.25, 0.3) is 0 Å². The van der Waals surface area contributed by atoms with Crippen LogP contribution >= 0.6 is 11.6 Å². The minimum atomic E-state index is -0.205. The minimum Gasteiger partial charge on any atom is -0.508 e. The quantitative estimate of drug-likeness (QED) is 0.588. The van der Waals surface area contributed by atoms with Crippen LogP contribution < -0.4 is 5.32 Å². The molecule has 0 saturated carbocycles. The zero-order valence-corrected chi connectivity index (χ0v) is 10.5. The first-order valence-electron chi connectivity index (χ1n) is 5.47. The van der Waals surface area contributed by atoms with Crippen LogP contribution in [-0.2, 0) is 0 Å². The van der Waals surface area contributed by atoms with Crippen molar-refractivity contribution in [2.75, 3.05) is 5.32 Å². The predicted octanol–water partition coefficient (Wildman–Crippen LogP) is 3.32. The number of nitrogens with zero attached hydrogens (tertiary/aromatic N) is 1. The number of anilines is 1. The maximum atomic E-state index is 9.74. The van der Waals surface area contributed by atoms with Crippen molar-refractivity contribution in [3.63, 3.8) is 0 Å². The lowest BCUT2D eigenvalue weighted by molar-refractivity contribution is 0.451. The summed E-state index contributed by atoms with van der Waals surface area (Å²) in [6.07, 6.45) is 0. The van der Waals surface area contributed by atoms with Gasteiger partial charge < -0.3 is 15.5 Å². The van der Waals surface area contributed by atoms with Gasteiger partial charge in [0.2, 0.25) is 0 Å². The van der Waals surface area contributed by atoms with Gasteiger partial charge in [-0.25, -0.2) is 4.98 Å². The smallest absolute Gasteiger partial charge is 0.131 e. The SMILES string of the molecule is CC(Nc1cccc(Cl)n1)c1cc(O)ccc1O. The molecule has 1 heterocycles. The second-order valence-corrected chi connectivity index (χ2v) is 4.34. The zero-order chi connectivity index (χ0) is 13.1. The van der Waals surface area contributed by atoms with Gasteiger partial charge in [-0.1, -0.05) is 17.7 Å². The normalized spacial score (nSPS) is 12.1. The molecule has 0 amide bonds. The molecule has 0 aliphatic rings. The molecule has 1 atom stereocenters. The maximum absolute atomic E-state index is 9.74. The van der Waals surface area contributed by atoms with Crippen LogP contribution in [0.3, 0.4) is 0 Å². The average molecular weight is 265 g/mol. The first kappa shape index (κ1) is 12.5. The van der Waals surface area contributed by atoms with E-state index >= 15 is 0 Å². The molecule has 2 rings (SSSR count). The fourth-order valence-corrected chi connectivity index (χ4v) is 1.84. The number of phenolic OH excluding ortho intramolecular Hbond substituents is 2. The molecular weight excluding hydrogens is 252 g/mol. The third-order valence-corrected chi connectivity index (χ3v) is 2.77. The van der Waals surface area contributed by atoms with Crippen molar-refractivity contribution < 1.29 is 10.2 Å². The fourth-order valence-electron chi connectivity index (χ4n) is 1.68. The third-order valence-electron chi connectivity index (χ3n) is 2.56. The number of hydrogen-bond acceptors (Lipinski definition) is 4. The van der Waals surface area contributed by atoms with Gasteiger partial charge in [0.25, 0.3) is 0 Å². The lowest BCUT2D eigenvalue weighted by atomic mass is 10.1. The highest BCUT2D eigenvalue weighted by atomic mass is 35.5. The third kappa shape index (κ3) is 2.84. The molecule has 2 aromatic rings. The average Bonchev–Trinajstić information content (AvgIpc) is 2.32. The van der Waals surface area contributed by atoms with Gasteiger partial charge in [-0.3, -0.25) is 0 Å². The lowest BCUT2D eigenvalue weighted by Crippen LogP contribution is -2.08. The van der Waals surface area contributed by atoms with Crippen molar-refractivity contribution in [2.45, 2.75) is 13.0 Å². The van der Waals surface area contributed by atoms with E-state index in [4.69, 9.17) is 11.6 Å². The van der Waals surface area contributed by atoms with Crippen LogP contribution in [0, 0.1) is 0 Å². The van der Waals surface area contributed by atoms with Crippen molar-refractivity contribution in [3.8, 4) is 11.5 Å². The number of phenols is 2. The van der Waals surface area contributed by atoms with E-state index in [9.17, 15) is 10.2 Å². The number of rotatable bonds is 3. The second-order valence-electron chi connectivity index (χ2n) is 3.95. The van der Waals surface area contributed by atoms with Gasteiger partial charge >= 0.3 is 0 Å². The number of aromatic nitrogens is 1. The Labute approximate surface area is 110 Å². The Hall–Kier alpha value is -1.94. The summed E-state index contributed by atoms with van der Waals surface area (Å²) in [7, 11) is 0. The Morgan fingerprint density at radius 1 is 1.22 bits per heavy atom. The Kier molecular flexibility index (Phi) is 3.58. The molecule has 0 fully saturated rings. The van der Waals surface area contributed by atoms with Gasteiger partial charge in [0.1, 0.15) is 22.5 Å². The van der Waals surface area contributed by atoms with Crippen LogP contribution in [0.1, 0.15) is 18.5 Å². The standard InChI is InChI=1S/C13H13ClN2O2/c1-8(10-7-9(17)5-6-11(10)18)15-13-4-2-3-12(14)16-13/h2-8,17-18H,1H3,(H,15,16). The van der Waals surface area contributed by atoms with Gasteiger partial charge in [0.15, 0.2) is 0 Å². The summed E-state index contributed by atoms with van der Waals surface area (Å²) in [4.78, 5) is 4.10. The number of aromatic hydroxyl groups is 2. The second kappa shape index (κ2) is 5.14. The summed E-state index contributed by atoms with van der Waals surface area (Å²) in [5.41, 5.74) is 0.594. The number of pyridine rings is 1. The molecule has 94 valence electrons. The van der Waals surface area contributed by atoms with Gasteiger partial charge in [-0.05, 0) is 37.3 Å². The highest BCUT2D eigenvalue weighted by Gasteiger charge is 2.11. The Morgan fingerprint density at radius 3 is 2.72 bits per heavy atom. The highest BCUT2D eigenvalue weighted by molar-refractivity contribution is 6.29. The minimum absolute atomic E-state index is 0.107. The highest BCUT2D eigenvalue weighted by Crippen LogP contribution is 2.29. The molecular formula is C13H13ClN2O2. The Morgan fingerprint density at radius 2 is 2.00 bits per heavy atom. The molecule has 0 spiro atoms. The molecule has 1 aromatic heterocycles. The maximum Gasteiger partial charge on any atom is 0.131 e. The van der Waals surface area contributed by atoms with Crippen molar-refractivity contribution in [1.29, 1.82) is 0 Å². The van der Waals surface area contributed by atoms with Crippen LogP contribution in [0.2, 0.25) is 5.15 Å². The molecule has 0 saturated heterocycles. The molecule has 5 heteroatoms. The van der Waals surface area contributed by atoms with Crippen LogP contribution in [0.5, 0.6) is 11.5 Å². The predicted molar refractivity (Wildman–Crippen MR) is 71.1 cm³/mol. The van der Waals surface area contributed by atoms with E-state index in [0.29, 0.717) is 16.5 Å². The van der Waals surface area contributed by atoms with Crippen molar-refractivity contribution >= 4 is 17.4 Å². The van der Waals surface area contributed by atoms with Crippen LogP contribution in [-0.4, -0.2) is 15.2 Å². The molecule has 0 aliphatic carbocycles. The molecule has 0 aliphatic heterocycles. The Bertz CT molecular complexity index is 560. The van der Waals surface area contributed by atoms with Gasteiger partial charge in [-0.2, -0.15) is 0 Å². The fraction of sp³-hybridized carbons (Fsp3) is 0.154. The first-order chi connectivity index (χ1) is 8.56. The summed E-state index contributed by atoms with van der Waals surface area (Å²) in [6, 6.07) is 9.44. The lowest BCUT2D eigenvalue weighted by Gasteiger charge is -2.16. The molecule has 1 unspecified atom stereocenters. The largest absolute Gasteiger partial charge is 0.508 e. The number of halogens is 1. The van der Waals surface area contributed by atoms with Crippen LogP contribution in [0.15, 0.2) is 36.4 Å². The summed E-state index contributed by atoms with van der Waals surface area (Å²) < 4.78 is 0. The van der Waals surface area contributed by atoms with Crippen molar-refractivity contribution in [1.82, 2.24) is 4.98 Å². The Balaban J connectivity index is 2.21. The van der Waals surface area contributed by atoms with E-state index < -0.39 is 0 Å². The monoisotopic (exact) mass is 264 g/mol. The van der Waals surface area contributed by atoms with Gasteiger partial charge in [-0.15, -0.1) is 0 Å². The van der Waals surface area contributed by atoms with Gasteiger partial charge in [0, 0.05) is 5.56 Å². The van der Waals surface area contributed by atoms with E-state index in [2.05, 4.69) is 10.3 Å². The van der Waals surface area contributed by atoms with E-state index in [1.54, 1.807) is 18.2 Å². The number of benzene rings is 1. The summed E-state index contributed by atoms with van der Waals surface area (Å²) in [5.74, 6) is 0.836. The van der Waals surface area contributed by atoms with E-state index in [1.807, 2.05) is 6.92 Å². The van der Waals surface area contributed by atoms with Crippen molar-refractivity contribution in [3.05, 3.63) is 47.1 Å². The molecule has 3 N–H and O–H groups in total. The van der Waals surface area contributed by atoms with Crippen LogP contribution in [0.4, 0.5) is 5.82 Å². The zero-order valence-electron chi connectivity index (χ0n) is 9.76. The number of hydrogen-bond donors (Lipinski definition) is 3. The van der Waals surface area contributed by atoms with E-state index in [0.717, 1.165) is 0 Å². The topological polar surface area (TPSA) is 65.4 Å². The molecule has 0 bridgehead atoms. The summed E-state index contributed by atoms with van der Waals surface area (Å²) in [6.45, 7) is 1.86. The van der Waals surface area contributed by atoms with E-state index in [1.165, 1.54) is 18.2 Å². The van der Waals surface area contributed by atoms with E-state index in [-0.39, 0.29) is 17.5 Å². The van der Waals surface area contributed by atoms with Gasteiger partial charge in [0.05, 0.1) is 6.04 Å².